The van der Waals surface area contributed by atoms with Gasteiger partial charge in [0.25, 0.3) is 0 Å². The van der Waals surface area contributed by atoms with Gasteiger partial charge in [-0.15, -0.1) is 0 Å². The molecule has 0 aromatic rings. The monoisotopic (exact) mass is 462 g/mol. The fourth-order valence-electron chi connectivity index (χ4n) is 3.82. The minimum atomic E-state index is -3.23. The first-order chi connectivity index (χ1) is 15.2. The SMILES string of the molecule is CCCCCCCCCCCCCCCCCC(=O)[C@](O)(C(=O)O)[C@@H](O)[C@H](O)[C@H](O)CO. The smallest absolute Gasteiger partial charge is 0.346 e. The quantitative estimate of drug-likeness (QED) is 0.106. The van der Waals surface area contributed by atoms with Crippen molar-refractivity contribution in [2.24, 2.45) is 0 Å². The Balaban J connectivity index is 3.95. The van der Waals surface area contributed by atoms with Crippen molar-refractivity contribution in [1.82, 2.24) is 0 Å². The number of aliphatic hydroxyl groups is 5. The van der Waals surface area contributed by atoms with Crippen molar-refractivity contribution in [2.45, 2.75) is 134 Å². The number of hydrogen-bond donors (Lipinski definition) is 6. The van der Waals surface area contributed by atoms with Crippen LogP contribution < -0.4 is 0 Å². The van der Waals surface area contributed by atoms with Gasteiger partial charge in [0, 0.05) is 6.42 Å². The second kappa shape index (κ2) is 18.4. The highest BCUT2D eigenvalue weighted by Gasteiger charge is 2.53. The van der Waals surface area contributed by atoms with Crippen LogP contribution in [0, 0.1) is 0 Å². The summed E-state index contributed by atoms with van der Waals surface area (Å²) in [4.78, 5) is 23.6. The zero-order valence-corrected chi connectivity index (χ0v) is 19.8. The number of ketones is 1. The van der Waals surface area contributed by atoms with Gasteiger partial charge in [0.1, 0.15) is 18.3 Å². The Morgan fingerprint density at radius 3 is 1.44 bits per heavy atom. The van der Waals surface area contributed by atoms with Gasteiger partial charge in [0.15, 0.2) is 5.78 Å². The van der Waals surface area contributed by atoms with Crippen molar-refractivity contribution in [3.63, 3.8) is 0 Å². The number of carboxylic acids is 1. The van der Waals surface area contributed by atoms with Crippen molar-refractivity contribution in [2.75, 3.05) is 6.61 Å². The molecule has 190 valence electrons. The molecule has 0 aliphatic carbocycles. The Morgan fingerprint density at radius 1 is 0.719 bits per heavy atom. The summed E-state index contributed by atoms with van der Waals surface area (Å²) in [6.45, 7) is 1.27. The molecule has 0 spiro atoms. The average Bonchev–Trinajstić information content (AvgIpc) is 2.78. The van der Waals surface area contributed by atoms with E-state index in [0.29, 0.717) is 12.8 Å². The summed E-state index contributed by atoms with van der Waals surface area (Å²) >= 11 is 0. The standard InChI is InChI=1S/C24H46O8/c1-2-3-4-5-6-7-8-9-10-11-12-13-14-15-16-17-20(27)24(32,23(30)31)22(29)21(28)19(26)18-25/h19,21-22,25-26,28-29,32H,2-18H2,1H3,(H,30,31)/t19-,21-,22+,24-/m1/s1. The largest absolute Gasteiger partial charge is 0.479 e. The highest BCUT2D eigenvalue weighted by molar-refractivity contribution is 6.07. The van der Waals surface area contributed by atoms with Gasteiger partial charge >= 0.3 is 5.97 Å². The van der Waals surface area contributed by atoms with Crippen LogP contribution in [0.2, 0.25) is 0 Å². The third kappa shape index (κ3) is 11.7. The van der Waals surface area contributed by atoms with Crippen molar-refractivity contribution >= 4 is 11.8 Å². The van der Waals surface area contributed by atoms with Gasteiger partial charge < -0.3 is 30.6 Å². The fourth-order valence-corrected chi connectivity index (χ4v) is 3.82. The molecule has 8 heteroatoms. The van der Waals surface area contributed by atoms with Crippen LogP contribution in [0.5, 0.6) is 0 Å². The summed E-state index contributed by atoms with van der Waals surface area (Å²) in [6.07, 6.45) is 10.3. The molecule has 0 saturated heterocycles. The van der Waals surface area contributed by atoms with Gasteiger partial charge in [-0.2, -0.15) is 0 Å². The Kier molecular flexibility index (Phi) is 17.8. The summed E-state index contributed by atoms with van der Waals surface area (Å²) in [5, 5.41) is 57.2. The molecule has 4 atom stereocenters. The molecule has 0 aliphatic rings. The van der Waals surface area contributed by atoms with Gasteiger partial charge in [-0.1, -0.05) is 96.8 Å². The molecule has 0 unspecified atom stereocenters. The van der Waals surface area contributed by atoms with E-state index < -0.39 is 42.3 Å². The lowest BCUT2D eigenvalue weighted by Crippen LogP contribution is -2.62. The number of aliphatic carboxylic acids is 1. The van der Waals surface area contributed by atoms with Crippen molar-refractivity contribution < 1.29 is 40.2 Å². The normalized spacial score (nSPS) is 16.3. The zero-order valence-electron chi connectivity index (χ0n) is 19.8. The molecule has 0 fully saturated rings. The van der Waals surface area contributed by atoms with Crippen LogP contribution in [0.4, 0.5) is 0 Å². The molecule has 6 N–H and O–H groups in total. The van der Waals surface area contributed by atoms with Crippen LogP contribution in [0.25, 0.3) is 0 Å². The zero-order chi connectivity index (χ0) is 24.4. The summed E-state index contributed by atoms with van der Waals surface area (Å²) in [7, 11) is 0. The molecule has 32 heavy (non-hydrogen) atoms. The fraction of sp³-hybridized carbons (Fsp3) is 0.917. The second-order valence-corrected chi connectivity index (χ2v) is 8.88. The summed E-state index contributed by atoms with van der Waals surface area (Å²) in [5.41, 5.74) is -3.23. The van der Waals surface area contributed by atoms with Crippen LogP contribution >= 0.6 is 0 Å². The molecule has 0 heterocycles. The molecule has 0 aromatic carbocycles. The number of unbranched alkanes of at least 4 members (excludes halogenated alkanes) is 14. The molecule has 0 aromatic heterocycles. The van der Waals surface area contributed by atoms with E-state index in [-0.39, 0.29) is 6.42 Å². The minimum absolute atomic E-state index is 0.264. The maximum absolute atomic E-state index is 12.3. The molecular weight excluding hydrogens is 416 g/mol. The molecule has 8 nitrogen and oxygen atoms in total. The predicted molar refractivity (Wildman–Crippen MR) is 122 cm³/mol. The summed E-state index contributed by atoms with van der Waals surface area (Å²) in [6, 6.07) is 0. The van der Waals surface area contributed by atoms with E-state index in [2.05, 4.69) is 6.92 Å². The van der Waals surface area contributed by atoms with Gasteiger partial charge in [-0.25, -0.2) is 4.79 Å². The number of Topliss-reactive ketones (excluding diaryl/α,β-unsaturated/α-hetero) is 1. The van der Waals surface area contributed by atoms with Crippen molar-refractivity contribution in [3.05, 3.63) is 0 Å². The Labute approximate surface area is 192 Å². The van der Waals surface area contributed by atoms with Gasteiger partial charge in [0.05, 0.1) is 6.61 Å². The maximum Gasteiger partial charge on any atom is 0.346 e. The second-order valence-electron chi connectivity index (χ2n) is 8.88. The van der Waals surface area contributed by atoms with E-state index in [0.717, 1.165) is 19.3 Å². The Morgan fingerprint density at radius 2 is 1.09 bits per heavy atom. The Bertz CT molecular complexity index is 498. The van der Waals surface area contributed by atoms with Gasteiger partial charge in [0.2, 0.25) is 5.60 Å². The lowest BCUT2D eigenvalue weighted by molar-refractivity contribution is -0.193. The van der Waals surface area contributed by atoms with Crippen LogP contribution in [0.1, 0.15) is 110 Å². The first-order valence-corrected chi connectivity index (χ1v) is 12.4. The van der Waals surface area contributed by atoms with Gasteiger partial charge in [-0.3, -0.25) is 4.79 Å². The van der Waals surface area contributed by atoms with Crippen LogP contribution in [-0.4, -0.2) is 72.9 Å². The van der Waals surface area contributed by atoms with E-state index in [1.165, 1.54) is 64.2 Å². The number of hydrogen-bond acceptors (Lipinski definition) is 7. The molecule has 0 bridgehead atoms. The number of carbonyl (C=O) groups excluding carboxylic acids is 1. The predicted octanol–water partition coefficient (Wildman–Crippen LogP) is 2.71. The third-order valence-corrected chi connectivity index (χ3v) is 6.09. The molecule has 0 rings (SSSR count). The molecule has 0 radical (unpaired) electrons. The van der Waals surface area contributed by atoms with Crippen molar-refractivity contribution in [1.29, 1.82) is 0 Å². The maximum atomic E-state index is 12.3. The van der Waals surface area contributed by atoms with E-state index in [1.807, 2.05) is 0 Å². The Hall–Kier alpha value is -1.06. The molecule has 0 saturated carbocycles. The topological polar surface area (TPSA) is 156 Å². The highest BCUT2D eigenvalue weighted by atomic mass is 16.4. The molecular formula is C24H46O8. The lowest BCUT2D eigenvalue weighted by atomic mass is 9.84. The number of aliphatic hydroxyl groups excluding tert-OH is 4. The third-order valence-electron chi connectivity index (χ3n) is 6.09. The van der Waals surface area contributed by atoms with E-state index in [9.17, 15) is 35.1 Å². The number of carbonyl (C=O) groups is 2. The first kappa shape index (κ1) is 30.9. The van der Waals surface area contributed by atoms with Crippen LogP contribution in [0.15, 0.2) is 0 Å². The van der Waals surface area contributed by atoms with Crippen LogP contribution in [-0.2, 0) is 9.59 Å². The van der Waals surface area contributed by atoms with E-state index in [4.69, 9.17) is 5.11 Å². The molecule has 0 amide bonds. The minimum Gasteiger partial charge on any atom is -0.479 e. The molecule has 0 aliphatic heterocycles. The average molecular weight is 463 g/mol. The van der Waals surface area contributed by atoms with E-state index in [1.54, 1.807) is 0 Å². The highest BCUT2D eigenvalue weighted by Crippen LogP contribution is 2.22. The van der Waals surface area contributed by atoms with Crippen LogP contribution in [0.3, 0.4) is 0 Å². The lowest BCUT2D eigenvalue weighted by Gasteiger charge is -2.32. The summed E-state index contributed by atoms with van der Waals surface area (Å²) in [5.74, 6) is -3.13. The van der Waals surface area contributed by atoms with E-state index >= 15 is 0 Å². The van der Waals surface area contributed by atoms with Crippen molar-refractivity contribution in [3.8, 4) is 0 Å². The summed E-state index contributed by atoms with van der Waals surface area (Å²) < 4.78 is 0. The van der Waals surface area contributed by atoms with Gasteiger partial charge in [-0.05, 0) is 6.42 Å². The first-order valence-electron chi connectivity index (χ1n) is 12.4. The number of carboxylic acid groups (broad SMARTS) is 1. The number of rotatable bonds is 22.